The average molecular weight is 194 g/mol. The Kier molecular flexibility index (Phi) is 2.35. The van der Waals surface area contributed by atoms with Gasteiger partial charge < -0.3 is 9.73 Å². The Labute approximate surface area is 84.9 Å². The molecule has 0 aliphatic heterocycles. The van der Waals surface area contributed by atoms with Gasteiger partial charge in [0.2, 0.25) is 5.89 Å². The maximum Gasteiger partial charge on any atom is 0.208 e. The monoisotopic (exact) mass is 194 g/mol. The molecule has 3 nitrogen and oxygen atoms in total. The molecule has 1 saturated carbocycles. The summed E-state index contributed by atoms with van der Waals surface area (Å²) in [6, 6.07) is 0.708. The molecule has 2 rings (SSSR count). The summed E-state index contributed by atoms with van der Waals surface area (Å²) >= 11 is 0. The van der Waals surface area contributed by atoms with Crippen LogP contribution in [0.4, 0.5) is 0 Å². The Morgan fingerprint density at radius 2 is 2.21 bits per heavy atom. The van der Waals surface area contributed by atoms with Crippen molar-refractivity contribution >= 4 is 0 Å². The van der Waals surface area contributed by atoms with Gasteiger partial charge in [0.15, 0.2) is 0 Å². The zero-order valence-electron chi connectivity index (χ0n) is 9.13. The smallest absolute Gasteiger partial charge is 0.208 e. The van der Waals surface area contributed by atoms with E-state index in [0.29, 0.717) is 6.04 Å². The molecule has 0 unspecified atom stereocenters. The number of nitrogens with zero attached hydrogens (tertiary/aromatic N) is 1. The molecule has 14 heavy (non-hydrogen) atoms. The summed E-state index contributed by atoms with van der Waals surface area (Å²) in [6.45, 7) is 7.19. The molecular weight excluding hydrogens is 176 g/mol. The number of rotatable bonds is 3. The van der Waals surface area contributed by atoms with Gasteiger partial charge in [-0.1, -0.05) is 20.8 Å². The maximum atomic E-state index is 5.40. The Morgan fingerprint density at radius 1 is 1.50 bits per heavy atom. The standard InChI is InChI=1S/C11H18N2O/c1-11(2,3)9-7-14-10(13-9)6-12-8-4-5-8/h7-8,12H,4-6H2,1-3H3. The molecule has 1 N–H and O–H groups in total. The lowest BCUT2D eigenvalue weighted by molar-refractivity contribution is 0.466. The Balaban J connectivity index is 1.94. The summed E-state index contributed by atoms with van der Waals surface area (Å²) < 4.78 is 5.40. The summed E-state index contributed by atoms with van der Waals surface area (Å²) in [6.07, 6.45) is 4.36. The van der Waals surface area contributed by atoms with E-state index < -0.39 is 0 Å². The summed E-state index contributed by atoms with van der Waals surface area (Å²) in [7, 11) is 0. The van der Waals surface area contributed by atoms with Crippen LogP contribution in [0.2, 0.25) is 0 Å². The second-order valence-electron chi connectivity index (χ2n) is 5.03. The molecule has 0 atom stereocenters. The number of hydrogen-bond donors (Lipinski definition) is 1. The molecular formula is C11H18N2O. The van der Waals surface area contributed by atoms with Crippen molar-refractivity contribution in [2.75, 3.05) is 0 Å². The summed E-state index contributed by atoms with van der Waals surface area (Å²) in [4.78, 5) is 4.45. The van der Waals surface area contributed by atoms with Crippen LogP contribution in [-0.4, -0.2) is 11.0 Å². The maximum absolute atomic E-state index is 5.40. The van der Waals surface area contributed by atoms with Crippen LogP contribution in [0.15, 0.2) is 10.7 Å². The van der Waals surface area contributed by atoms with Gasteiger partial charge in [0.25, 0.3) is 0 Å². The molecule has 1 aromatic rings. The number of nitrogens with one attached hydrogen (secondary N) is 1. The highest BCUT2D eigenvalue weighted by Crippen LogP contribution is 2.22. The summed E-state index contributed by atoms with van der Waals surface area (Å²) in [5.74, 6) is 0.807. The van der Waals surface area contributed by atoms with Crippen LogP contribution >= 0.6 is 0 Å². The molecule has 0 amide bonds. The Hall–Kier alpha value is -0.830. The molecule has 1 aromatic heterocycles. The van der Waals surface area contributed by atoms with E-state index in [9.17, 15) is 0 Å². The molecule has 0 bridgehead atoms. The predicted molar refractivity (Wildman–Crippen MR) is 55.1 cm³/mol. The molecule has 1 aliphatic carbocycles. The first kappa shape index (κ1) is 9.71. The third kappa shape index (κ3) is 2.35. The fraction of sp³-hybridized carbons (Fsp3) is 0.727. The van der Waals surface area contributed by atoms with Gasteiger partial charge in [-0.25, -0.2) is 4.98 Å². The summed E-state index contributed by atoms with van der Waals surface area (Å²) in [5, 5.41) is 3.38. The van der Waals surface area contributed by atoms with Crippen molar-refractivity contribution in [2.24, 2.45) is 0 Å². The minimum Gasteiger partial charge on any atom is -0.447 e. The largest absolute Gasteiger partial charge is 0.447 e. The van der Waals surface area contributed by atoms with Crippen molar-refractivity contribution in [3.8, 4) is 0 Å². The SMILES string of the molecule is CC(C)(C)c1coc(CNC2CC2)n1. The second-order valence-corrected chi connectivity index (χ2v) is 5.03. The van der Waals surface area contributed by atoms with Crippen molar-refractivity contribution in [2.45, 2.75) is 51.6 Å². The van der Waals surface area contributed by atoms with Gasteiger partial charge in [0, 0.05) is 11.5 Å². The van der Waals surface area contributed by atoms with Crippen molar-refractivity contribution in [3.63, 3.8) is 0 Å². The molecule has 0 saturated heterocycles. The molecule has 1 aliphatic rings. The third-order valence-corrected chi connectivity index (χ3v) is 2.44. The van der Waals surface area contributed by atoms with Crippen molar-refractivity contribution in [1.29, 1.82) is 0 Å². The van der Waals surface area contributed by atoms with Gasteiger partial charge in [-0.15, -0.1) is 0 Å². The van der Waals surface area contributed by atoms with E-state index in [2.05, 4.69) is 31.1 Å². The molecule has 0 spiro atoms. The number of hydrogen-bond acceptors (Lipinski definition) is 3. The molecule has 3 heteroatoms. The van der Waals surface area contributed by atoms with Gasteiger partial charge in [-0.05, 0) is 12.8 Å². The van der Waals surface area contributed by atoms with Crippen molar-refractivity contribution < 1.29 is 4.42 Å². The fourth-order valence-electron chi connectivity index (χ4n) is 1.26. The highest BCUT2D eigenvalue weighted by atomic mass is 16.3. The molecule has 1 heterocycles. The van der Waals surface area contributed by atoms with Gasteiger partial charge >= 0.3 is 0 Å². The topological polar surface area (TPSA) is 38.1 Å². The minimum atomic E-state index is 0.0847. The predicted octanol–water partition coefficient (Wildman–Crippen LogP) is 2.22. The highest BCUT2D eigenvalue weighted by Gasteiger charge is 2.22. The first-order valence-corrected chi connectivity index (χ1v) is 5.24. The zero-order chi connectivity index (χ0) is 10.2. The first-order valence-electron chi connectivity index (χ1n) is 5.24. The van der Waals surface area contributed by atoms with Gasteiger partial charge in [-0.2, -0.15) is 0 Å². The van der Waals surface area contributed by atoms with E-state index in [1.54, 1.807) is 6.26 Å². The van der Waals surface area contributed by atoms with Crippen LogP contribution in [0, 0.1) is 0 Å². The van der Waals surface area contributed by atoms with E-state index in [1.165, 1.54) is 12.8 Å². The van der Waals surface area contributed by atoms with Crippen LogP contribution in [0.5, 0.6) is 0 Å². The van der Waals surface area contributed by atoms with E-state index in [-0.39, 0.29) is 5.41 Å². The lowest BCUT2D eigenvalue weighted by Gasteiger charge is -2.12. The second kappa shape index (κ2) is 3.39. The Morgan fingerprint density at radius 3 is 2.71 bits per heavy atom. The van der Waals surface area contributed by atoms with E-state index in [4.69, 9.17) is 4.42 Å². The van der Waals surface area contributed by atoms with E-state index >= 15 is 0 Å². The van der Waals surface area contributed by atoms with Gasteiger partial charge in [0.05, 0.1) is 12.2 Å². The average Bonchev–Trinajstić information content (AvgIpc) is 2.77. The summed E-state index contributed by atoms with van der Waals surface area (Å²) in [5.41, 5.74) is 1.12. The first-order chi connectivity index (χ1) is 6.55. The van der Waals surface area contributed by atoms with Crippen LogP contribution in [0.1, 0.15) is 45.2 Å². The lowest BCUT2D eigenvalue weighted by Crippen LogP contribution is -2.16. The van der Waals surface area contributed by atoms with Crippen LogP contribution in [0.3, 0.4) is 0 Å². The molecule has 78 valence electrons. The molecule has 1 fully saturated rings. The van der Waals surface area contributed by atoms with Crippen LogP contribution in [0.25, 0.3) is 0 Å². The van der Waals surface area contributed by atoms with Gasteiger partial charge in [-0.3, -0.25) is 0 Å². The molecule has 0 aromatic carbocycles. The highest BCUT2D eigenvalue weighted by molar-refractivity contribution is 5.08. The van der Waals surface area contributed by atoms with E-state index in [1.807, 2.05) is 0 Å². The number of oxazole rings is 1. The lowest BCUT2D eigenvalue weighted by atomic mass is 9.93. The minimum absolute atomic E-state index is 0.0847. The normalized spacial score (nSPS) is 17.4. The van der Waals surface area contributed by atoms with Crippen molar-refractivity contribution in [1.82, 2.24) is 10.3 Å². The molecule has 0 radical (unpaired) electrons. The van der Waals surface area contributed by atoms with Crippen molar-refractivity contribution in [3.05, 3.63) is 17.8 Å². The fourth-order valence-corrected chi connectivity index (χ4v) is 1.26. The quantitative estimate of drug-likeness (QED) is 0.801. The van der Waals surface area contributed by atoms with E-state index in [0.717, 1.165) is 18.1 Å². The van der Waals surface area contributed by atoms with Gasteiger partial charge in [0.1, 0.15) is 6.26 Å². The zero-order valence-corrected chi connectivity index (χ0v) is 9.13. The number of aromatic nitrogens is 1. The van der Waals surface area contributed by atoms with Crippen LogP contribution < -0.4 is 5.32 Å². The van der Waals surface area contributed by atoms with Crippen LogP contribution in [-0.2, 0) is 12.0 Å². The third-order valence-electron chi connectivity index (χ3n) is 2.44. The Bertz CT molecular complexity index is 307.